The van der Waals surface area contributed by atoms with Crippen LogP contribution in [0.4, 0.5) is 11.4 Å². The lowest BCUT2D eigenvalue weighted by Crippen LogP contribution is -2.06. The standard InChI is InChI=1S/C14H20N4/c1-9-6-5-7-13(15)14(9)16-8-12-10(2)17-18(4)11(12)3/h5-7,16H,8,15H2,1-4H3. The number of nitrogens with two attached hydrogens (primary N) is 1. The summed E-state index contributed by atoms with van der Waals surface area (Å²) in [5.74, 6) is 0. The summed E-state index contributed by atoms with van der Waals surface area (Å²) in [6, 6.07) is 5.94. The topological polar surface area (TPSA) is 55.9 Å². The average molecular weight is 244 g/mol. The van der Waals surface area contributed by atoms with E-state index >= 15 is 0 Å². The number of nitrogen functional groups attached to an aromatic ring is 1. The summed E-state index contributed by atoms with van der Waals surface area (Å²) in [5.41, 5.74) is 12.4. The number of para-hydroxylation sites is 1. The number of benzene rings is 1. The van der Waals surface area contributed by atoms with Crippen molar-refractivity contribution >= 4 is 11.4 Å². The molecule has 1 heterocycles. The predicted octanol–water partition coefficient (Wildman–Crippen LogP) is 2.54. The number of anilines is 2. The zero-order chi connectivity index (χ0) is 13.3. The van der Waals surface area contributed by atoms with Crippen molar-refractivity contribution in [3.8, 4) is 0 Å². The zero-order valence-corrected chi connectivity index (χ0v) is 11.4. The summed E-state index contributed by atoms with van der Waals surface area (Å²) in [6.07, 6.45) is 0. The molecule has 0 saturated heterocycles. The van der Waals surface area contributed by atoms with E-state index in [1.807, 2.05) is 30.8 Å². The molecular formula is C14H20N4. The van der Waals surface area contributed by atoms with E-state index in [0.29, 0.717) is 0 Å². The minimum Gasteiger partial charge on any atom is -0.397 e. The number of hydrogen-bond acceptors (Lipinski definition) is 3. The third-order valence-electron chi connectivity index (χ3n) is 3.41. The predicted molar refractivity (Wildman–Crippen MR) is 75.6 cm³/mol. The first-order chi connectivity index (χ1) is 8.50. The van der Waals surface area contributed by atoms with Gasteiger partial charge in [-0.1, -0.05) is 12.1 Å². The molecule has 1 aromatic carbocycles. The highest BCUT2D eigenvalue weighted by atomic mass is 15.3. The van der Waals surface area contributed by atoms with E-state index in [9.17, 15) is 0 Å². The van der Waals surface area contributed by atoms with Gasteiger partial charge in [0.2, 0.25) is 0 Å². The van der Waals surface area contributed by atoms with Crippen LogP contribution < -0.4 is 11.1 Å². The van der Waals surface area contributed by atoms with Gasteiger partial charge in [0.1, 0.15) is 0 Å². The molecule has 0 atom stereocenters. The van der Waals surface area contributed by atoms with Gasteiger partial charge in [-0.25, -0.2) is 0 Å². The summed E-state index contributed by atoms with van der Waals surface area (Å²) in [7, 11) is 1.97. The van der Waals surface area contributed by atoms with Gasteiger partial charge in [-0.05, 0) is 32.4 Å². The largest absolute Gasteiger partial charge is 0.397 e. The van der Waals surface area contributed by atoms with E-state index < -0.39 is 0 Å². The van der Waals surface area contributed by atoms with Crippen molar-refractivity contribution < 1.29 is 0 Å². The molecule has 3 N–H and O–H groups in total. The van der Waals surface area contributed by atoms with E-state index in [-0.39, 0.29) is 0 Å². The molecule has 4 nitrogen and oxygen atoms in total. The molecule has 2 rings (SSSR count). The number of nitrogens with zero attached hydrogens (tertiary/aromatic N) is 2. The number of rotatable bonds is 3. The Morgan fingerprint density at radius 3 is 2.56 bits per heavy atom. The highest BCUT2D eigenvalue weighted by molar-refractivity contribution is 5.69. The number of hydrogen-bond donors (Lipinski definition) is 2. The molecule has 0 spiro atoms. The van der Waals surface area contributed by atoms with Crippen LogP contribution in [0.5, 0.6) is 0 Å². The number of aryl methyl sites for hydroxylation is 3. The summed E-state index contributed by atoms with van der Waals surface area (Å²) >= 11 is 0. The summed E-state index contributed by atoms with van der Waals surface area (Å²) in [5, 5.41) is 7.83. The molecule has 0 aliphatic rings. The van der Waals surface area contributed by atoms with E-state index in [2.05, 4.69) is 30.3 Å². The zero-order valence-electron chi connectivity index (χ0n) is 11.4. The molecule has 0 aliphatic carbocycles. The number of nitrogens with one attached hydrogen (secondary N) is 1. The van der Waals surface area contributed by atoms with Gasteiger partial charge >= 0.3 is 0 Å². The molecule has 96 valence electrons. The first-order valence-electron chi connectivity index (χ1n) is 6.08. The first kappa shape index (κ1) is 12.5. The maximum Gasteiger partial charge on any atom is 0.0646 e. The Bertz CT molecular complexity index is 549. The molecule has 18 heavy (non-hydrogen) atoms. The van der Waals surface area contributed by atoms with Crippen molar-refractivity contribution in [2.24, 2.45) is 7.05 Å². The molecule has 0 fully saturated rings. The molecule has 1 aromatic heterocycles. The molecule has 0 bridgehead atoms. The quantitative estimate of drug-likeness (QED) is 0.816. The van der Waals surface area contributed by atoms with Crippen LogP contribution in [0.15, 0.2) is 18.2 Å². The van der Waals surface area contributed by atoms with E-state index in [0.717, 1.165) is 29.2 Å². The van der Waals surface area contributed by atoms with Crippen LogP contribution in [0.2, 0.25) is 0 Å². The van der Waals surface area contributed by atoms with E-state index in [1.165, 1.54) is 11.3 Å². The molecule has 0 saturated carbocycles. The van der Waals surface area contributed by atoms with E-state index in [1.54, 1.807) is 0 Å². The van der Waals surface area contributed by atoms with Crippen LogP contribution in [0.3, 0.4) is 0 Å². The summed E-state index contributed by atoms with van der Waals surface area (Å²) < 4.78 is 1.91. The second-order valence-corrected chi connectivity index (χ2v) is 4.67. The summed E-state index contributed by atoms with van der Waals surface area (Å²) in [6.45, 7) is 6.92. The molecule has 2 aromatic rings. The number of aromatic nitrogens is 2. The maximum atomic E-state index is 5.98. The van der Waals surface area contributed by atoms with Gasteiger partial charge in [0.15, 0.2) is 0 Å². The Hall–Kier alpha value is -1.97. The van der Waals surface area contributed by atoms with Crippen molar-refractivity contribution in [2.75, 3.05) is 11.1 Å². The van der Waals surface area contributed by atoms with Crippen molar-refractivity contribution in [1.29, 1.82) is 0 Å². The lowest BCUT2D eigenvalue weighted by molar-refractivity contribution is 0.730. The van der Waals surface area contributed by atoms with Crippen LogP contribution in [0.1, 0.15) is 22.5 Å². The van der Waals surface area contributed by atoms with Crippen LogP contribution in [0.25, 0.3) is 0 Å². The average Bonchev–Trinajstić information content (AvgIpc) is 2.54. The van der Waals surface area contributed by atoms with Crippen LogP contribution >= 0.6 is 0 Å². The molecular weight excluding hydrogens is 224 g/mol. The van der Waals surface area contributed by atoms with Gasteiger partial charge in [-0.2, -0.15) is 5.10 Å². The van der Waals surface area contributed by atoms with Gasteiger partial charge in [-0.15, -0.1) is 0 Å². The van der Waals surface area contributed by atoms with Crippen molar-refractivity contribution in [2.45, 2.75) is 27.3 Å². The Kier molecular flexibility index (Phi) is 3.28. The highest BCUT2D eigenvalue weighted by Crippen LogP contribution is 2.24. The molecule has 4 heteroatoms. The minimum atomic E-state index is 0.751. The minimum absolute atomic E-state index is 0.751. The molecule has 0 amide bonds. The van der Waals surface area contributed by atoms with Crippen LogP contribution in [-0.2, 0) is 13.6 Å². The Morgan fingerprint density at radius 1 is 1.28 bits per heavy atom. The highest BCUT2D eigenvalue weighted by Gasteiger charge is 2.10. The second kappa shape index (κ2) is 4.72. The van der Waals surface area contributed by atoms with Gasteiger partial charge in [0.25, 0.3) is 0 Å². The lowest BCUT2D eigenvalue weighted by atomic mass is 10.1. The Morgan fingerprint density at radius 2 is 2.00 bits per heavy atom. The smallest absolute Gasteiger partial charge is 0.0646 e. The third kappa shape index (κ3) is 2.18. The van der Waals surface area contributed by atoms with Gasteiger partial charge in [0.05, 0.1) is 17.1 Å². The third-order valence-corrected chi connectivity index (χ3v) is 3.41. The second-order valence-electron chi connectivity index (χ2n) is 4.67. The molecule has 0 radical (unpaired) electrons. The van der Waals surface area contributed by atoms with Gasteiger partial charge < -0.3 is 11.1 Å². The van der Waals surface area contributed by atoms with Crippen LogP contribution in [0, 0.1) is 20.8 Å². The van der Waals surface area contributed by atoms with Crippen molar-refractivity contribution in [1.82, 2.24) is 9.78 Å². The normalized spacial score (nSPS) is 10.7. The van der Waals surface area contributed by atoms with Crippen molar-refractivity contribution in [3.05, 3.63) is 40.7 Å². The fourth-order valence-electron chi connectivity index (χ4n) is 2.18. The van der Waals surface area contributed by atoms with Crippen molar-refractivity contribution in [3.63, 3.8) is 0 Å². The maximum absolute atomic E-state index is 5.98. The lowest BCUT2D eigenvalue weighted by Gasteiger charge is -2.12. The fourth-order valence-corrected chi connectivity index (χ4v) is 2.18. The monoisotopic (exact) mass is 244 g/mol. The van der Waals surface area contributed by atoms with Gasteiger partial charge in [-0.3, -0.25) is 4.68 Å². The Labute approximate surface area is 108 Å². The molecule has 0 aliphatic heterocycles. The Balaban J connectivity index is 2.22. The fraction of sp³-hybridized carbons (Fsp3) is 0.357. The summed E-state index contributed by atoms with van der Waals surface area (Å²) in [4.78, 5) is 0. The van der Waals surface area contributed by atoms with Gasteiger partial charge in [0, 0.05) is 24.8 Å². The molecule has 0 unspecified atom stereocenters. The SMILES string of the molecule is Cc1cccc(N)c1NCc1c(C)nn(C)c1C. The first-order valence-corrected chi connectivity index (χ1v) is 6.08. The van der Waals surface area contributed by atoms with E-state index in [4.69, 9.17) is 5.73 Å². The van der Waals surface area contributed by atoms with Crippen LogP contribution in [-0.4, -0.2) is 9.78 Å².